The zero-order valence-electron chi connectivity index (χ0n) is 13.4. The Hall–Kier alpha value is -2.37. The number of nitrogens with zero attached hydrogens (tertiary/aromatic N) is 3. The van der Waals surface area contributed by atoms with E-state index in [1.807, 2.05) is 34.9 Å². The van der Waals surface area contributed by atoms with Crippen molar-refractivity contribution in [2.75, 3.05) is 26.2 Å². The third-order valence-corrected chi connectivity index (χ3v) is 4.29. The number of fused-ring (bicyclic) bond motifs is 1. The summed E-state index contributed by atoms with van der Waals surface area (Å²) in [4.78, 5) is 35.3. The first-order valence-electron chi connectivity index (χ1n) is 8.15. The highest BCUT2D eigenvalue weighted by Gasteiger charge is 2.23. The predicted octanol–water partition coefficient (Wildman–Crippen LogP) is 1.58. The molecule has 1 aromatic heterocycles. The molecule has 2 heterocycles. The molecule has 1 aliphatic heterocycles. The molecule has 6 heteroatoms. The number of rotatable bonds is 4. The third kappa shape index (κ3) is 3.52. The van der Waals surface area contributed by atoms with E-state index in [1.54, 1.807) is 6.33 Å². The van der Waals surface area contributed by atoms with Crippen LogP contribution in [-0.2, 0) is 16.0 Å². The number of aromatic nitrogens is 2. The van der Waals surface area contributed by atoms with Crippen molar-refractivity contribution in [3.05, 3.63) is 30.1 Å². The fourth-order valence-corrected chi connectivity index (χ4v) is 2.96. The Morgan fingerprint density at radius 2 is 1.83 bits per heavy atom. The normalized spacial score (nSPS) is 15.2. The van der Waals surface area contributed by atoms with Gasteiger partial charge in [0.05, 0.1) is 23.8 Å². The van der Waals surface area contributed by atoms with Crippen LogP contribution in [0.25, 0.3) is 11.0 Å². The molecule has 0 radical (unpaired) electrons. The summed E-state index contributed by atoms with van der Waals surface area (Å²) in [5.74, 6) is 0.316. The molecular formula is C17H22N4O2. The zero-order chi connectivity index (χ0) is 16.2. The topological polar surface area (TPSA) is 69.3 Å². The maximum atomic E-state index is 12.4. The van der Waals surface area contributed by atoms with E-state index in [0.29, 0.717) is 39.0 Å². The summed E-state index contributed by atoms with van der Waals surface area (Å²) in [7, 11) is 0. The zero-order valence-corrected chi connectivity index (χ0v) is 13.4. The lowest BCUT2D eigenvalue weighted by molar-refractivity contribution is -0.139. The van der Waals surface area contributed by atoms with Gasteiger partial charge in [0.1, 0.15) is 0 Å². The summed E-state index contributed by atoms with van der Waals surface area (Å²) in [6, 6.07) is 5.85. The van der Waals surface area contributed by atoms with Gasteiger partial charge in [-0.3, -0.25) is 9.59 Å². The summed E-state index contributed by atoms with van der Waals surface area (Å²) in [5.41, 5.74) is 2.84. The Morgan fingerprint density at radius 1 is 1.13 bits per heavy atom. The van der Waals surface area contributed by atoms with Gasteiger partial charge >= 0.3 is 0 Å². The van der Waals surface area contributed by atoms with Crippen LogP contribution in [-0.4, -0.2) is 57.8 Å². The van der Waals surface area contributed by atoms with Crippen LogP contribution in [0, 0.1) is 0 Å². The molecule has 23 heavy (non-hydrogen) atoms. The van der Waals surface area contributed by atoms with Crippen LogP contribution >= 0.6 is 0 Å². The monoisotopic (exact) mass is 314 g/mol. The molecular weight excluding hydrogens is 292 g/mol. The summed E-state index contributed by atoms with van der Waals surface area (Å²) in [6.45, 7) is 4.55. The van der Waals surface area contributed by atoms with E-state index in [1.165, 1.54) is 0 Å². The minimum absolute atomic E-state index is 0.117. The van der Waals surface area contributed by atoms with Gasteiger partial charge in [-0.05, 0) is 24.1 Å². The van der Waals surface area contributed by atoms with E-state index in [0.717, 1.165) is 23.0 Å². The number of imidazole rings is 1. The second-order valence-corrected chi connectivity index (χ2v) is 5.94. The predicted molar refractivity (Wildman–Crippen MR) is 87.9 cm³/mol. The van der Waals surface area contributed by atoms with E-state index in [4.69, 9.17) is 0 Å². The minimum Gasteiger partial charge on any atom is -0.345 e. The van der Waals surface area contributed by atoms with Crippen LogP contribution in [0.4, 0.5) is 0 Å². The van der Waals surface area contributed by atoms with Crippen molar-refractivity contribution < 1.29 is 9.59 Å². The maximum Gasteiger partial charge on any atom is 0.227 e. The van der Waals surface area contributed by atoms with Crippen molar-refractivity contribution in [3.63, 3.8) is 0 Å². The Balaban J connectivity index is 1.56. The standard InChI is InChI=1S/C17H22N4O2/c1-2-3-16(22)20-6-8-21(9-7-20)17(23)11-13-4-5-14-15(10-13)19-12-18-14/h4-5,10,12H,2-3,6-9,11H2,1H3,(H,18,19). The Bertz CT molecular complexity index is 701. The lowest BCUT2D eigenvalue weighted by Crippen LogP contribution is -2.50. The molecule has 1 fully saturated rings. The summed E-state index contributed by atoms with van der Waals surface area (Å²) < 4.78 is 0. The second-order valence-electron chi connectivity index (χ2n) is 5.94. The SMILES string of the molecule is CCCC(=O)N1CCN(C(=O)Cc2ccc3nc[nH]c3c2)CC1. The number of benzene rings is 1. The molecule has 3 rings (SSSR count). The molecule has 1 N–H and O–H groups in total. The van der Waals surface area contributed by atoms with Crippen molar-refractivity contribution in [3.8, 4) is 0 Å². The first-order valence-corrected chi connectivity index (χ1v) is 8.15. The molecule has 0 atom stereocenters. The number of aromatic amines is 1. The molecule has 0 unspecified atom stereocenters. The summed E-state index contributed by atoms with van der Waals surface area (Å²) >= 11 is 0. The van der Waals surface area contributed by atoms with E-state index in [9.17, 15) is 9.59 Å². The molecule has 0 bridgehead atoms. The number of hydrogen-bond donors (Lipinski definition) is 1. The number of piperazine rings is 1. The molecule has 0 saturated carbocycles. The van der Waals surface area contributed by atoms with E-state index in [-0.39, 0.29) is 11.8 Å². The number of amides is 2. The quantitative estimate of drug-likeness (QED) is 0.931. The van der Waals surface area contributed by atoms with Crippen LogP contribution < -0.4 is 0 Å². The molecule has 0 spiro atoms. The first-order chi connectivity index (χ1) is 11.2. The smallest absolute Gasteiger partial charge is 0.227 e. The molecule has 2 amide bonds. The average molecular weight is 314 g/mol. The molecule has 1 saturated heterocycles. The highest BCUT2D eigenvalue weighted by Crippen LogP contribution is 2.14. The fourth-order valence-electron chi connectivity index (χ4n) is 2.96. The van der Waals surface area contributed by atoms with Gasteiger partial charge in [0.25, 0.3) is 0 Å². The van der Waals surface area contributed by atoms with Gasteiger partial charge in [-0.2, -0.15) is 0 Å². The van der Waals surface area contributed by atoms with Gasteiger partial charge in [0.2, 0.25) is 11.8 Å². The van der Waals surface area contributed by atoms with E-state index >= 15 is 0 Å². The second kappa shape index (κ2) is 6.81. The summed E-state index contributed by atoms with van der Waals surface area (Å²) in [5, 5.41) is 0. The van der Waals surface area contributed by atoms with Gasteiger partial charge in [0, 0.05) is 32.6 Å². The number of H-pyrrole nitrogens is 1. The van der Waals surface area contributed by atoms with Crippen LogP contribution in [0.2, 0.25) is 0 Å². The van der Waals surface area contributed by atoms with Gasteiger partial charge < -0.3 is 14.8 Å². The Labute approximate surface area is 135 Å². The summed E-state index contributed by atoms with van der Waals surface area (Å²) in [6.07, 6.45) is 3.51. The lowest BCUT2D eigenvalue weighted by atomic mass is 10.1. The van der Waals surface area contributed by atoms with Crippen LogP contribution in [0.5, 0.6) is 0 Å². The van der Waals surface area contributed by atoms with E-state index in [2.05, 4.69) is 9.97 Å². The van der Waals surface area contributed by atoms with Crippen molar-refractivity contribution in [1.82, 2.24) is 19.8 Å². The lowest BCUT2D eigenvalue weighted by Gasteiger charge is -2.35. The highest BCUT2D eigenvalue weighted by atomic mass is 16.2. The highest BCUT2D eigenvalue weighted by molar-refractivity contribution is 5.82. The van der Waals surface area contributed by atoms with Crippen molar-refractivity contribution in [1.29, 1.82) is 0 Å². The van der Waals surface area contributed by atoms with Gasteiger partial charge in [-0.15, -0.1) is 0 Å². The minimum atomic E-state index is 0.117. The van der Waals surface area contributed by atoms with Gasteiger partial charge in [0.15, 0.2) is 0 Å². The molecule has 1 aliphatic rings. The largest absolute Gasteiger partial charge is 0.345 e. The molecule has 1 aromatic carbocycles. The van der Waals surface area contributed by atoms with Crippen molar-refractivity contribution >= 4 is 22.8 Å². The van der Waals surface area contributed by atoms with Crippen molar-refractivity contribution in [2.45, 2.75) is 26.2 Å². The van der Waals surface area contributed by atoms with Gasteiger partial charge in [-0.25, -0.2) is 4.98 Å². The Morgan fingerprint density at radius 3 is 2.52 bits per heavy atom. The number of nitrogens with one attached hydrogen (secondary N) is 1. The number of carbonyl (C=O) groups excluding carboxylic acids is 2. The Kier molecular flexibility index (Phi) is 4.60. The molecule has 0 aliphatic carbocycles. The first kappa shape index (κ1) is 15.5. The molecule has 6 nitrogen and oxygen atoms in total. The fraction of sp³-hybridized carbons (Fsp3) is 0.471. The average Bonchev–Trinajstić information content (AvgIpc) is 3.03. The van der Waals surface area contributed by atoms with Crippen LogP contribution in [0.15, 0.2) is 24.5 Å². The van der Waals surface area contributed by atoms with Crippen LogP contribution in [0.1, 0.15) is 25.3 Å². The van der Waals surface area contributed by atoms with Gasteiger partial charge in [-0.1, -0.05) is 13.0 Å². The molecule has 2 aromatic rings. The number of hydrogen-bond acceptors (Lipinski definition) is 3. The van der Waals surface area contributed by atoms with E-state index < -0.39 is 0 Å². The number of carbonyl (C=O) groups is 2. The van der Waals surface area contributed by atoms with Crippen LogP contribution in [0.3, 0.4) is 0 Å². The van der Waals surface area contributed by atoms with Crippen molar-refractivity contribution in [2.24, 2.45) is 0 Å². The maximum absolute atomic E-state index is 12.4. The third-order valence-electron chi connectivity index (χ3n) is 4.29. The molecule has 122 valence electrons.